The predicted octanol–water partition coefficient (Wildman–Crippen LogP) is 3.22. The van der Waals surface area contributed by atoms with Crippen LogP contribution in [0, 0.1) is 6.92 Å². The van der Waals surface area contributed by atoms with E-state index >= 15 is 0 Å². The number of rotatable bonds is 4. The Morgan fingerprint density at radius 3 is 2.80 bits per heavy atom. The van der Waals surface area contributed by atoms with Gasteiger partial charge in [-0.1, -0.05) is 18.2 Å². The lowest BCUT2D eigenvalue weighted by molar-refractivity contribution is 0.102. The summed E-state index contributed by atoms with van der Waals surface area (Å²) in [6.07, 6.45) is 4.07. The number of anilines is 2. The first-order chi connectivity index (χ1) is 9.72. The highest BCUT2D eigenvalue weighted by molar-refractivity contribution is 6.03. The zero-order valence-corrected chi connectivity index (χ0v) is 11.4. The van der Waals surface area contributed by atoms with Crippen LogP contribution in [0.5, 0.6) is 0 Å². The highest BCUT2D eigenvalue weighted by atomic mass is 16.1. The Hall–Kier alpha value is -2.36. The molecule has 3 rings (SSSR count). The van der Waals surface area contributed by atoms with Crippen LogP contribution < -0.4 is 10.6 Å². The molecule has 0 bridgehead atoms. The molecule has 1 aliphatic carbocycles. The monoisotopic (exact) mass is 267 g/mol. The van der Waals surface area contributed by atoms with Crippen LogP contribution in [-0.2, 0) is 0 Å². The lowest BCUT2D eigenvalue weighted by Crippen LogP contribution is -2.15. The van der Waals surface area contributed by atoms with Crippen molar-refractivity contribution in [2.75, 3.05) is 10.6 Å². The normalized spacial score (nSPS) is 13.8. The molecule has 0 spiro atoms. The Balaban J connectivity index is 1.74. The molecule has 1 aromatic carbocycles. The van der Waals surface area contributed by atoms with Gasteiger partial charge in [-0.05, 0) is 43.5 Å². The predicted molar refractivity (Wildman–Crippen MR) is 80.0 cm³/mol. The van der Waals surface area contributed by atoms with E-state index < -0.39 is 0 Å². The van der Waals surface area contributed by atoms with Crippen molar-refractivity contribution < 1.29 is 4.79 Å². The molecule has 4 heteroatoms. The Labute approximate surface area is 118 Å². The molecule has 0 atom stereocenters. The number of nitrogens with one attached hydrogen (secondary N) is 2. The fraction of sp³-hybridized carbons (Fsp3) is 0.250. The molecule has 1 saturated carbocycles. The van der Waals surface area contributed by atoms with E-state index in [1.807, 2.05) is 37.3 Å². The minimum Gasteiger partial charge on any atom is -0.382 e. The fourth-order valence-electron chi connectivity index (χ4n) is 2.01. The van der Waals surface area contributed by atoms with Gasteiger partial charge in [0.25, 0.3) is 5.91 Å². The Morgan fingerprint density at radius 2 is 2.05 bits per heavy atom. The van der Waals surface area contributed by atoms with E-state index in [9.17, 15) is 4.79 Å². The highest BCUT2D eigenvalue weighted by Crippen LogP contribution is 2.24. The Kier molecular flexibility index (Phi) is 3.37. The van der Waals surface area contributed by atoms with Crippen LogP contribution in [0.3, 0.4) is 0 Å². The zero-order valence-electron chi connectivity index (χ0n) is 11.4. The van der Waals surface area contributed by atoms with Crippen molar-refractivity contribution in [1.82, 2.24) is 4.98 Å². The van der Waals surface area contributed by atoms with Crippen LogP contribution in [-0.4, -0.2) is 16.9 Å². The van der Waals surface area contributed by atoms with Gasteiger partial charge in [-0.2, -0.15) is 0 Å². The zero-order chi connectivity index (χ0) is 13.9. The van der Waals surface area contributed by atoms with E-state index in [0.717, 1.165) is 16.9 Å². The first kappa shape index (κ1) is 12.7. The van der Waals surface area contributed by atoms with Crippen LogP contribution in [0.2, 0.25) is 0 Å². The third kappa shape index (κ3) is 2.96. The van der Waals surface area contributed by atoms with Gasteiger partial charge in [-0.15, -0.1) is 0 Å². The number of hydrogen-bond donors (Lipinski definition) is 2. The third-order valence-electron chi connectivity index (χ3n) is 3.33. The molecule has 0 unspecified atom stereocenters. The highest BCUT2D eigenvalue weighted by Gasteiger charge is 2.21. The molecule has 1 aromatic heterocycles. The molecule has 0 aliphatic heterocycles. The quantitative estimate of drug-likeness (QED) is 0.894. The number of pyridine rings is 1. The molecule has 2 aromatic rings. The molecular formula is C16H17N3O. The van der Waals surface area contributed by atoms with Gasteiger partial charge in [0.2, 0.25) is 0 Å². The molecule has 20 heavy (non-hydrogen) atoms. The number of aryl methyl sites for hydroxylation is 1. The Morgan fingerprint density at radius 1 is 1.25 bits per heavy atom. The summed E-state index contributed by atoms with van der Waals surface area (Å²) in [6, 6.07) is 12.0. The molecule has 0 saturated heterocycles. The van der Waals surface area contributed by atoms with Crippen LogP contribution in [0.4, 0.5) is 11.4 Å². The summed E-state index contributed by atoms with van der Waals surface area (Å²) in [5, 5.41) is 6.26. The van der Waals surface area contributed by atoms with Gasteiger partial charge in [-0.3, -0.25) is 9.78 Å². The summed E-state index contributed by atoms with van der Waals surface area (Å²) in [7, 11) is 0. The largest absolute Gasteiger partial charge is 0.382 e. The van der Waals surface area contributed by atoms with Crippen LogP contribution in [0.25, 0.3) is 0 Å². The second-order valence-corrected chi connectivity index (χ2v) is 5.12. The number of benzene rings is 1. The summed E-state index contributed by atoms with van der Waals surface area (Å²) in [6.45, 7) is 1.97. The van der Waals surface area contributed by atoms with Crippen LogP contribution in [0.1, 0.15) is 28.9 Å². The first-order valence-corrected chi connectivity index (χ1v) is 6.82. The maximum absolute atomic E-state index is 12.2. The van der Waals surface area contributed by atoms with Gasteiger partial charge in [0, 0.05) is 23.6 Å². The number of para-hydroxylation sites is 1. The summed E-state index contributed by atoms with van der Waals surface area (Å²) < 4.78 is 0. The van der Waals surface area contributed by atoms with Crippen molar-refractivity contribution in [2.45, 2.75) is 25.8 Å². The van der Waals surface area contributed by atoms with Gasteiger partial charge in [0.05, 0.1) is 0 Å². The third-order valence-corrected chi connectivity index (χ3v) is 3.33. The summed E-state index contributed by atoms with van der Waals surface area (Å²) in [5.74, 6) is -0.182. The summed E-state index contributed by atoms with van der Waals surface area (Å²) in [4.78, 5) is 16.4. The van der Waals surface area contributed by atoms with Gasteiger partial charge in [0.15, 0.2) is 0 Å². The lowest BCUT2D eigenvalue weighted by Gasteiger charge is -2.09. The molecule has 1 aliphatic rings. The average Bonchev–Trinajstić information content (AvgIpc) is 3.25. The first-order valence-electron chi connectivity index (χ1n) is 6.82. The minimum absolute atomic E-state index is 0.182. The van der Waals surface area contributed by atoms with Crippen molar-refractivity contribution in [3.05, 3.63) is 53.9 Å². The smallest absolute Gasteiger partial charge is 0.274 e. The SMILES string of the molecule is Cc1ccccc1NC(=O)c1cc(NC2CC2)ccn1. The van der Waals surface area contributed by atoms with Crippen molar-refractivity contribution in [3.8, 4) is 0 Å². The van der Waals surface area contributed by atoms with Crippen molar-refractivity contribution >= 4 is 17.3 Å². The molecule has 102 valence electrons. The molecule has 1 heterocycles. The van der Waals surface area contributed by atoms with E-state index in [1.165, 1.54) is 12.8 Å². The lowest BCUT2D eigenvalue weighted by atomic mass is 10.2. The van der Waals surface area contributed by atoms with Crippen LogP contribution >= 0.6 is 0 Å². The molecule has 4 nitrogen and oxygen atoms in total. The van der Waals surface area contributed by atoms with Crippen molar-refractivity contribution in [3.63, 3.8) is 0 Å². The molecule has 1 fully saturated rings. The number of carbonyl (C=O) groups excluding carboxylic acids is 1. The fourth-order valence-corrected chi connectivity index (χ4v) is 2.01. The van der Waals surface area contributed by atoms with Gasteiger partial charge in [-0.25, -0.2) is 0 Å². The van der Waals surface area contributed by atoms with E-state index in [-0.39, 0.29) is 5.91 Å². The summed E-state index contributed by atoms with van der Waals surface area (Å²) >= 11 is 0. The molecular weight excluding hydrogens is 250 g/mol. The maximum atomic E-state index is 12.2. The van der Waals surface area contributed by atoms with E-state index in [4.69, 9.17) is 0 Å². The number of carbonyl (C=O) groups is 1. The minimum atomic E-state index is -0.182. The van der Waals surface area contributed by atoms with Crippen molar-refractivity contribution in [2.24, 2.45) is 0 Å². The second kappa shape index (κ2) is 5.33. The maximum Gasteiger partial charge on any atom is 0.274 e. The van der Waals surface area contributed by atoms with E-state index in [2.05, 4.69) is 15.6 Å². The van der Waals surface area contributed by atoms with E-state index in [1.54, 1.807) is 12.3 Å². The Bertz CT molecular complexity index is 635. The molecule has 1 amide bonds. The van der Waals surface area contributed by atoms with E-state index in [0.29, 0.717) is 11.7 Å². The summed E-state index contributed by atoms with van der Waals surface area (Å²) in [5.41, 5.74) is 3.24. The topological polar surface area (TPSA) is 54.0 Å². The number of hydrogen-bond acceptors (Lipinski definition) is 3. The second-order valence-electron chi connectivity index (χ2n) is 5.12. The number of aromatic nitrogens is 1. The standard InChI is InChI=1S/C16H17N3O/c1-11-4-2-3-5-14(11)19-16(20)15-10-13(8-9-17-15)18-12-6-7-12/h2-5,8-10,12H,6-7H2,1H3,(H,17,18)(H,19,20). The average molecular weight is 267 g/mol. The van der Waals surface area contributed by atoms with Gasteiger partial charge < -0.3 is 10.6 Å². The molecule has 2 N–H and O–H groups in total. The van der Waals surface area contributed by atoms with Crippen molar-refractivity contribution in [1.29, 1.82) is 0 Å². The van der Waals surface area contributed by atoms with Crippen LogP contribution in [0.15, 0.2) is 42.6 Å². The van der Waals surface area contributed by atoms with Gasteiger partial charge >= 0.3 is 0 Å². The van der Waals surface area contributed by atoms with Gasteiger partial charge in [0.1, 0.15) is 5.69 Å². The molecule has 0 radical (unpaired) electrons. The number of amides is 1. The number of nitrogens with zero attached hydrogens (tertiary/aromatic N) is 1.